The molecule has 2 fully saturated rings. The summed E-state index contributed by atoms with van der Waals surface area (Å²) < 4.78 is 32.6. The highest BCUT2D eigenvalue weighted by Gasteiger charge is 2.20. The van der Waals surface area contributed by atoms with Gasteiger partial charge in [0.1, 0.15) is 0 Å². The number of rotatable bonds is 3. The van der Waals surface area contributed by atoms with Gasteiger partial charge in [-0.05, 0) is 11.6 Å². The van der Waals surface area contributed by atoms with Crippen LogP contribution in [0.4, 0.5) is 14.5 Å². The molecule has 0 aromatic heterocycles. The molecule has 3 rings (SSSR count). The Bertz CT molecular complexity index is 486. The minimum absolute atomic E-state index is 0.631. The third-order valence-corrected chi connectivity index (χ3v) is 4.08. The van der Waals surface area contributed by atoms with Crippen molar-refractivity contribution in [2.24, 2.45) is 0 Å². The number of morpholine rings is 1. The summed E-state index contributed by atoms with van der Waals surface area (Å²) in [7, 11) is 0. The van der Waals surface area contributed by atoms with Crippen molar-refractivity contribution < 1.29 is 13.5 Å². The van der Waals surface area contributed by atoms with E-state index in [9.17, 15) is 8.78 Å². The second-order valence-electron chi connectivity index (χ2n) is 5.52. The minimum atomic E-state index is -0.777. The molecule has 6 heteroatoms. The van der Waals surface area contributed by atoms with E-state index in [2.05, 4.69) is 15.1 Å². The number of piperazine rings is 1. The van der Waals surface area contributed by atoms with E-state index in [4.69, 9.17) is 4.74 Å². The molecule has 2 saturated heterocycles. The second kappa shape index (κ2) is 6.68. The Hall–Kier alpha value is -1.24. The molecule has 2 aliphatic heterocycles. The molecule has 0 bridgehead atoms. The first-order chi connectivity index (χ1) is 10.2. The minimum Gasteiger partial charge on any atom is -0.378 e. The molecule has 0 unspecified atom stereocenters. The van der Waals surface area contributed by atoms with Gasteiger partial charge in [0.2, 0.25) is 0 Å². The number of nitrogens with zero attached hydrogens (tertiary/aromatic N) is 2. The molecule has 1 N–H and O–H groups in total. The number of halogens is 2. The zero-order valence-corrected chi connectivity index (χ0v) is 12.1. The van der Waals surface area contributed by atoms with Crippen LogP contribution in [0.15, 0.2) is 12.1 Å². The van der Waals surface area contributed by atoms with Crippen LogP contribution in [0.5, 0.6) is 0 Å². The Morgan fingerprint density at radius 1 is 1.00 bits per heavy atom. The molecule has 0 saturated carbocycles. The highest BCUT2D eigenvalue weighted by atomic mass is 19.2. The van der Waals surface area contributed by atoms with Gasteiger partial charge in [0.05, 0.1) is 13.2 Å². The van der Waals surface area contributed by atoms with E-state index >= 15 is 0 Å². The van der Waals surface area contributed by atoms with Gasteiger partial charge in [0, 0.05) is 57.6 Å². The largest absolute Gasteiger partial charge is 0.378 e. The monoisotopic (exact) mass is 297 g/mol. The fourth-order valence-corrected chi connectivity index (χ4v) is 2.91. The number of hydrogen-bond donors (Lipinski definition) is 1. The molecule has 0 atom stereocenters. The first-order valence-electron chi connectivity index (χ1n) is 7.48. The molecule has 1 aromatic carbocycles. The van der Waals surface area contributed by atoms with Crippen molar-refractivity contribution in [2.75, 3.05) is 57.4 Å². The van der Waals surface area contributed by atoms with Crippen molar-refractivity contribution in [3.05, 3.63) is 29.3 Å². The normalized spacial score (nSPS) is 20.8. The van der Waals surface area contributed by atoms with Crippen LogP contribution in [-0.2, 0) is 11.3 Å². The van der Waals surface area contributed by atoms with E-state index in [1.807, 2.05) is 0 Å². The van der Waals surface area contributed by atoms with Crippen LogP contribution < -0.4 is 10.2 Å². The van der Waals surface area contributed by atoms with Crippen molar-refractivity contribution in [1.82, 2.24) is 10.2 Å². The molecule has 2 heterocycles. The predicted octanol–water partition coefficient (Wildman–Crippen LogP) is 1.21. The summed E-state index contributed by atoms with van der Waals surface area (Å²) in [5.74, 6) is -1.54. The van der Waals surface area contributed by atoms with Crippen LogP contribution in [-0.4, -0.2) is 57.4 Å². The maximum atomic E-state index is 13.6. The predicted molar refractivity (Wildman–Crippen MR) is 77.5 cm³/mol. The summed E-state index contributed by atoms with van der Waals surface area (Å²) in [6.45, 7) is 7.11. The molecule has 21 heavy (non-hydrogen) atoms. The van der Waals surface area contributed by atoms with Gasteiger partial charge in [-0.2, -0.15) is 0 Å². The average molecular weight is 297 g/mol. The van der Waals surface area contributed by atoms with Crippen molar-refractivity contribution in [3.8, 4) is 0 Å². The molecule has 0 radical (unpaired) electrons. The quantitative estimate of drug-likeness (QED) is 0.907. The fraction of sp³-hybridized carbons (Fsp3) is 0.600. The summed E-state index contributed by atoms with van der Waals surface area (Å²) in [5.41, 5.74) is 1.66. The lowest BCUT2D eigenvalue weighted by Gasteiger charge is -2.33. The van der Waals surface area contributed by atoms with Crippen molar-refractivity contribution in [1.29, 1.82) is 0 Å². The van der Waals surface area contributed by atoms with Crippen molar-refractivity contribution >= 4 is 5.69 Å². The maximum absolute atomic E-state index is 13.6. The number of ether oxygens (including phenoxy) is 1. The lowest BCUT2D eigenvalue weighted by Crippen LogP contribution is -2.43. The number of anilines is 1. The Morgan fingerprint density at radius 3 is 2.38 bits per heavy atom. The fourth-order valence-electron chi connectivity index (χ4n) is 2.91. The van der Waals surface area contributed by atoms with Gasteiger partial charge in [0.25, 0.3) is 0 Å². The van der Waals surface area contributed by atoms with Gasteiger partial charge >= 0.3 is 0 Å². The van der Waals surface area contributed by atoms with E-state index in [1.165, 1.54) is 12.1 Å². The zero-order valence-electron chi connectivity index (χ0n) is 12.1. The Morgan fingerprint density at radius 2 is 1.67 bits per heavy atom. The molecule has 0 aliphatic carbocycles. The molecule has 4 nitrogen and oxygen atoms in total. The van der Waals surface area contributed by atoms with E-state index < -0.39 is 11.6 Å². The molecule has 0 spiro atoms. The average Bonchev–Trinajstić information content (AvgIpc) is 2.52. The Labute approximate surface area is 123 Å². The van der Waals surface area contributed by atoms with Crippen molar-refractivity contribution in [2.45, 2.75) is 6.54 Å². The molecule has 2 aliphatic rings. The smallest absolute Gasteiger partial charge is 0.160 e. The van der Waals surface area contributed by atoms with Gasteiger partial charge in [-0.1, -0.05) is 0 Å². The summed E-state index contributed by atoms with van der Waals surface area (Å²) in [6, 6.07) is 2.68. The number of nitrogens with one attached hydrogen (secondary N) is 1. The maximum Gasteiger partial charge on any atom is 0.160 e. The highest BCUT2D eigenvalue weighted by molar-refractivity contribution is 5.54. The molecule has 0 amide bonds. The van der Waals surface area contributed by atoms with Crippen molar-refractivity contribution in [3.63, 3.8) is 0 Å². The molecule has 116 valence electrons. The van der Waals surface area contributed by atoms with Gasteiger partial charge in [0.15, 0.2) is 11.6 Å². The third kappa shape index (κ3) is 3.51. The number of benzene rings is 1. The summed E-state index contributed by atoms with van der Waals surface area (Å²) in [5, 5.41) is 3.30. The highest BCUT2D eigenvalue weighted by Crippen LogP contribution is 2.26. The Kier molecular flexibility index (Phi) is 4.67. The topological polar surface area (TPSA) is 27.7 Å². The first kappa shape index (κ1) is 14.7. The van der Waals surface area contributed by atoms with E-state index in [1.54, 1.807) is 0 Å². The molecular formula is C15H21F2N3O. The van der Waals surface area contributed by atoms with Gasteiger partial charge in [-0.3, -0.25) is 4.90 Å². The van der Waals surface area contributed by atoms with Crippen LogP contribution in [0.1, 0.15) is 5.56 Å². The summed E-state index contributed by atoms with van der Waals surface area (Å²) in [6.07, 6.45) is 0. The number of hydrogen-bond acceptors (Lipinski definition) is 4. The zero-order chi connectivity index (χ0) is 14.7. The van der Waals surface area contributed by atoms with Crippen LogP contribution in [0, 0.1) is 11.6 Å². The van der Waals surface area contributed by atoms with E-state index in [0.29, 0.717) is 19.8 Å². The van der Waals surface area contributed by atoms with E-state index in [-0.39, 0.29) is 0 Å². The summed E-state index contributed by atoms with van der Waals surface area (Å²) in [4.78, 5) is 4.36. The Balaban J connectivity index is 1.83. The standard InChI is InChI=1S/C15H21F2N3O/c16-13-9-12(11-19-3-1-18-2-4-19)15(10-14(13)17)20-5-7-21-8-6-20/h9-10,18H,1-8,11H2. The molecular weight excluding hydrogens is 276 g/mol. The van der Waals surface area contributed by atoms with Gasteiger partial charge < -0.3 is 15.0 Å². The summed E-state index contributed by atoms with van der Waals surface area (Å²) >= 11 is 0. The SMILES string of the molecule is Fc1cc(CN2CCNCC2)c(N2CCOCC2)cc1F. The van der Waals surface area contributed by atoms with Crippen LogP contribution in [0.25, 0.3) is 0 Å². The van der Waals surface area contributed by atoms with Gasteiger partial charge in [-0.15, -0.1) is 0 Å². The van der Waals surface area contributed by atoms with Gasteiger partial charge in [-0.25, -0.2) is 8.78 Å². The van der Waals surface area contributed by atoms with Crippen LogP contribution in [0.2, 0.25) is 0 Å². The lowest BCUT2D eigenvalue weighted by atomic mass is 10.1. The van der Waals surface area contributed by atoms with E-state index in [0.717, 1.165) is 50.5 Å². The molecule has 1 aromatic rings. The third-order valence-electron chi connectivity index (χ3n) is 4.08. The second-order valence-corrected chi connectivity index (χ2v) is 5.52. The lowest BCUT2D eigenvalue weighted by molar-refractivity contribution is 0.122. The van der Waals surface area contributed by atoms with Crippen LogP contribution in [0.3, 0.4) is 0 Å². The first-order valence-corrected chi connectivity index (χ1v) is 7.48. The van der Waals surface area contributed by atoms with Crippen LogP contribution >= 0.6 is 0 Å².